The van der Waals surface area contributed by atoms with E-state index in [0.29, 0.717) is 5.92 Å². The molecule has 1 aliphatic heterocycles. The molecule has 1 fully saturated rings. The van der Waals surface area contributed by atoms with Gasteiger partial charge in [-0.3, -0.25) is 10.2 Å². The summed E-state index contributed by atoms with van der Waals surface area (Å²) in [5.74, 6) is 0.921. The van der Waals surface area contributed by atoms with Crippen LogP contribution in [0, 0.1) is 11.8 Å². The molecule has 0 aromatic rings. The molecule has 1 heterocycles. The fraction of sp³-hybridized carbons (Fsp3) is 0.933. The van der Waals surface area contributed by atoms with E-state index in [1.807, 2.05) is 18.9 Å². The summed E-state index contributed by atoms with van der Waals surface area (Å²) in [6.45, 7) is 9.97. The molecule has 0 bridgehead atoms. The van der Waals surface area contributed by atoms with E-state index in [9.17, 15) is 9.90 Å². The number of aliphatic hydroxyl groups is 1. The lowest BCUT2D eigenvalue weighted by molar-refractivity contribution is -0.123. The van der Waals surface area contributed by atoms with Crippen LogP contribution in [0.25, 0.3) is 0 Å². The van der Waals surface area contributed by atoms with E-state index in [1.165, 1.54) is 0 Å². The molecule has 0 spiro atoms. The fourth-order valence-corrected chi connectivity index (χ4v) is 2.48. The van der Waals surface area contributed by atoms with E-state index in [-0.39, 0.29) is 11.8 Å². The van der Waals surface area contributed by atoms with Crippen molar-refractivity contribution in [3.8, 4) is 0 Å². The molecule has 0 aromatic heterocycles. The van der Waals surface area contributed by atoms with Crippen LogP contribution in [-0.2, 0) is 4.79 Å². The van der Waals surface area contributed by atoms with Crippen molar-refractivity contribution >= 4 is 5.91 Å². The highest BCUT2D eigenvalue weighted by atomic mass is 16.3. The SMILES string of the molecule is CCC1CN(CCCC(C)(O)CCC(C)C)NC1=O. The van der Waals surface area contributed by atoms with Crippen molar-refractivity contribution in [2.45, 2.75) is 65.4 Å². The Labute approximate surface area is 117 Å². The summed E-state index contributed by atoms with van der Waals surface area (Å²) in [7, 11) is 0. The zero-order valence-electron chi connectivity index (χ0n) is 12.9. The van der Waals surface area contributed by atoms with E-state index >= 15 is 0 Å². The van der Waals surface area contributed by atoms with Gasteiger partial charge in [-0.15, -0.1) is 0 Å². The molecule has 1 amide bonds. The molecule has 0 radical (unpaired) electrons. The second kappa shape index (κ2) is 7.25. The standard InChI is InChI=1S/C15H30N2O2/c1-5-13-11-17(16-14(13)18)10-6-8-15(4,19)9-7-12(2)3/h12-13,19H,5-11H2,1-4H3,(H,16,18). The van der Waals surface area contributed by atoms with Crippen LogP contribution in [0.4, 0.5) is 0 Å². The number of carbonyl (C=O) groups is 1. The van der Waals surface area contributed by atoms with Crippen LogP contribution in [0.15, 0.2) is 0 Å². The minimum Gasteiger partial charge on any atom is -0.390 e. The van der Waals surface area contributed by atoms with Gasteiger partial charge < -0.3 is 5.11 Å². The van der Waals surface area contributed by atoms with Crippen molar-refractivity contribution < 1.29 is 9.90 Å². The normalized spacial score (nSPS) is 23.7. The van der Waals surface area contributed by atoms with Crippen molar-refractivity contribution in [3.63, 3.8) is 0 Å². The Balaban J connectivity index is 2.21. The number of hydrazine groups is 1. The predicted octanol–water partition coefficient (Wildman–Crippen LogP) is 2.33. The van der Waals surface area contributed by atoms with Crippen LogP contribution in [-0.4, -0.2) is 34.7 Å². The molecule has 2 atom stereocenters. The fourth-order valence-electron chi connectivity index (χ4n) is 2.48. The van der Waals surface area contributed by atoms with Gasteiger partial charge in [0.2, 0.25) is 5.91 Å². The lowest BCUT2D eigenvalue weighted by Gasteiger charge is -2.25. The molecule has 4 nitrogen and oxygen atoms in total. The van der Waals surface area contributed by atoms with Gasteiger partial charge in [0.25, 0.3) is 0 Å². The first kappa shape index (κ1) is 16.4. The predicted molar refractivity (Wildman–Crippen MR) is 77.4 cm³/mol. The van der Waals surface area contributed by atoms with Crippen molar-refractivity contribution in [3.05, 3.63) is 0 Å². The molecule has 19 heavy (non-hydrogen) atoms. The summed E-state index contributed by atoms with van der Waals surface area (Å²) < 4.78 is 0. The molecular formula is C15H30N2O2. The first-order valence-corrected chi connectivity index (χ1v) is 7.62. The first-order valence-electron chi connectivity index (χ1n) is 7.62. The lowest BCUT2D eigenvalue weighted by atomic mass is 9.91. The average molecular weight is 270 g/mol. The number of amides is 1. The summed E-state index contributed by atoms with van der Waals surface area (Å²) in [6, 6.07) is 0. The van der Waals surface area contributed by atoms with Gasteiger partial charge in [0.1, 0.15) is 0 Å². The van der Waals surface area contributed by atoms with E-state index in [4.69, 9.17) is 0 Å². The molecule has 1 aliphatic rings. The minimum atomic E-state index is -0.571. The number of hydrogen-bond acceptors (Lipinski definition) is 3. The van der Waals surface area contributed by atoms with Gasteiger partial charge in [-0.05, 0) is 44.9 Å². The zero-order chi connectivity index (χ0) is 14.5. The summed E-state index contributed by atoms with van der Waals surface area (Å²) in [5.41, 5.74) is 2.33. The third kappa shape index (κ3) is 5.91. The van der Waals surface area contributed by atoms with Crippen LogP contribution in [0.2, 0.25) is 0 Å². The van der Waals surface area contributed by atoms with Crippen LogP contribution in [0.3, 0.4) is 0 Å². The average Bonchev–Trinajstić information content (AvgIpc) is 2.67. The number of nitrogens with zero attached hydrogens (tertiary/aromatic N) is 1. The Hall–Kier alpha value is -0.610. The van der Waals surface area contributed by atoms with Gasteiger partial charge in [0.05, 0.1) is 11.5 Å². The third-order valence-electron chi connectivity index (χ3n) is 3.98. The highest BCUT2D eigenvalue weighted by Crippen LogP contribution is 2.22. The smallest absolute Gasteiger partial charge is 0.238 e. The minimum absolute atomic E-state index is 0.140. The van der Waals surface area contributed by atoms with Crippen LogP contribution >= 0.6 is 0 Å². The largest absolute Gasteiger partial charge is 0.390 e. The highest BCUT2D eigenvalue weighted by Gasteiger charge is 2.29. The van der Waals surface area contributed by atoms with Gasteiger partial charge in [-0.25, -0.2) is 5.01 Å². The lowest BCUT2D eigenvalue weighted by Crippen LogP contribution is -2.35. The number of carbonyl (C=O) groups excluding carboxylic acids is 1. The monoisotopic (exact) mass is 270 g/mol. The summed E-state index contributed by atoms with van der Waals surface area (Å²) in [6.07, 6.45) is 4.53. The highest BCUT2D eigenvalue weighted by molar-refractivity contribution is 5.80. The summed E-state index contributed by atoms with van der Waals surface area (Å²) >= 11 is 0. The van der Waals surface area contributed by atoms with Gasteiger partial charge >= 0.3 is 0 Å². The number of rotatable bonds is 8. The number of hydrogen-bond donors (Lipinski definition) is 2. The Morgan fingerprint density at radius 1 is 1.47 bits per heavy atom. The van der Waals surface area contributed by atoms with Gasteiger partial charge in [-0.2, -0.15) is 0 Å². The quantitative estimate of drug-likeness (QED) is 0.712. The van der Waals surface area contributed by atoms with Crippen molar-refractivity contribution in [1.82, 2.24) is 10.4 Å². The van der Waals surface area contributed by atoms with Crippen molar-refractivity contribution in [2.75, 3.05) is 13.1 Å². The van der Waals surface area contributed by atoms with Gasteiger partial charge in [-0.1, -0.05) is 20.8 Å². The molecule has 4 heteroatoms. The van der Waals surface area contributed by atoms with Crippen molar-refractivity contribution in [1.29, 1.82) is 0 Å². The van der Waals surface area contributed by atoms with E-state index in [0.717, 1.165) is 45.2 Å². The Morgan fingerprint density at radius 3 is 2.68 bits per heavy atom. The molecule has 1 saturated heterocycles. The van der Waals surface area contributed by atoms with Gasteiger partial charge in [0, 0.05) is 13.1 Å². The summed E-state index contributed by atoms with van der Waals surface area (Å²) in [5, 5.41) is 12.3. The molecular weight excluding hydrogens is 240 g/mol. The second-order valence-corrected chi connectivity index (χ2v) is 6.56. The maximum Gasteiger partial charge on any atom is 0.238 e. The van der Waals surface area contributed by atoms with Crippen LogP contribution < -0.4 is 5.43 Å². The zero-order valence-corrected chi connectivity index (χ0v) is 12.9. The van der Waals surface area contributed by atoms with E-state index in [1.54, 1.807) is 0 Å². The number of nitrogens with one attached hydrogen (secondary N) is 1. The van der Waals surface area contributed by atoms with Gasteiger partial charge in [0.15, 0.2) is 0 Å². The second-order valence-electron chi connectivity index (χ2n) is 6.56. The van der Waals surface area contributed by atoms with Crippen molar-refractivity contribution in [2.24, 2.45) is 11.8 Å². The maximum atomic E-state index is 11.6. The van der Waals surface area contributed by atoms with E-state index in [2.05, 4.69) is 19.3 Å². The molecule has 2 N–H and O–H groups in total. The Morgan fingerprint density at radius 2 is 2.16 bits per heavy atom. The van der Waals surface area contributed by atoms with Crippen LogP contribution in [0.5, 0.6) is 0 Å². The molecule has 1 rings (SSSR count). The van der Waals surface area contributed by atoms with E-state index < -0.39 is 5.60 Å². The molecule has 112 valence electrons. The van der Waals surface area contributed by atoms with Crippen LogP contribution in [0.1, 0.15) is 59.8 Å². The maximum absolute atomic E-state index is 11.6. The molecule has 0 aliphatic carbocycles. The first-order chi connectivity index (χ1) is 8.84. The molecule has 2 unspecified atom stereocenters. The third-order valence-corrected chi connectivity index (χ3v) is 3.98. The molecule has 0 aromatic carbocycles. The Bertz CT molecular complexity index is 290. The Kier molecular flexibility index (Phi) is 6.27. The topological polar surface area (TPSA) is 52.6 Å². The summed E-state index contributed by atoms with van der Waals surface area (Å²) in [4.78, 5) is 11.6. The molecule has 0 saturated carbocycles.